The summed E-state index contributed by atoms with van der Waals surface area (Å²) in [6.07, 6.45) is -0.0425. The van der Waals surface area contributed by atoms with E-state index in [1.807, 2.05) is 44.2 Å². The molecule has 0 saturated heterocycles. The number of aromatic nitrogens is 2. The van der Waals surface area contributed by atoms with E-state index in [4.69, 9.17) is 0 Å². The summed E-state index contributed by atoms with van der Waals surface area (Å²) >= 11 is 0. The lowest BCUT2D eigenvalue weighted by atomic mass is 9.98. The first kappa shape index (κ1) is 40.8. The number of aromatic hydroxyl groups is 1. The van der Waals surface area contributed by atoms with Gasteiger partial charge in [0, 0.05) is 13.1 Å². The third kappa shape index (κ3) is 10.3. The summed E-state index contributed by atoms with van der Waals surface area (Å²) < 4.78 is 31.2. The fourth-order valence-electron chi connectivity index (χ4n) is 6.20. The molecule has 0 aliphatic rings. The van der Waals surface area contributed by atoms with Crippen molar-refractivity contribution in [3.8, 4) is 5.88 Å². The highest BCUT2D eigenvalue weighted by Crippen LogP contribution is 2.24. The zero-order valence-electron chi connectivity index (χ0n) is 30.6. The van der Waals surface area contributed by atoms with Crippen LogP contribution in [0.2, 0.25) is 0 Å². The van der Waals surface area contributed by atoms with Gasteiger partial charge in [-0.05, 0) is 59.6 Å². The van der Waals surface area contributed by atoms with Crippen molar-refractivity contribution in [3.63, 3.8) is 0 Å². The van der Waals surface area contributed by atoms with E-state index < -0.39 is 51.8 Å². The smallest absolute Gasteiger partial charge is 0.332 e. The first-order chi connectivity index (χ1) is 25.2. The molecule has 0 radical (unpaired) electrons. The number of carbonyl (C=O) groups is 1. The third-order valence-electron chi connectivity index (χ3n) is 8.97. The number of amides is 1. The van der Waals surface area contributed by atoms with Gasteiger partial charge in [0.2, 0.25) is 21.8 Å². The first-order valence-corrected chi connectivity index (χ1v) is 18.9. The summed E-state index contributed by atoms with van der Waals surface area (Å²) in [4.78, 5) is 49.7. The maximum atomic E-state index is 14.2. The van der Waals surface area contributed by atoms with Gasteiger partial charge in [0.15, 0.2) is 0 Å². The molecule has 0 bridgehead atoms. The normalized spacial score (nSPS) is 14.2. The van der Waals surface area contributed by atoms with Crippen LogP contribution in [0.25, 0.3) is 0 Å². The maximum Gasteiger partial charge on any atom is 0.332 e. The minimum absolute atomic E-state index is 0.0196. The monoisotopic (exact) mass is 748 g/mol. The zero-order chi connectivity index (χ0) is 38.9. The SMILES string of the molecule is CC(C)CN(C[C@@H](O)[C@H](Cc1ccccc1)NC(=O)[C@H](C(C)C)n1cc(O)n(Cc2cccc(C(C)N=O)c2)c1=O)S(=O)(=O)c1ccc(CN=O)cc1. The minimum Gasteiger partial charge on any atom is -0.493 e. The molecule has 0 aliphatic heterocycles. The number of aliphatic hydroxyl groups is 1. The van der Waals surface area contributed by atoms with Crippen LogP contribution in [-0.4, -0.2) is 63.2 Å². The predicted octanol–water partition coefficient (Wildman–Crippen LogP) is 5.13. The van der Waals surface area contributed by atoms with Gasteiger partial charge in [0.05, 0.1) is 29.8 Å². The number of nitrogens with one attached hydrogen (secondary N) is 1. The lowest BCUT2D eigenvalue weighted by molar-refractivity contribution is -0.127. The van der Waals surface area contributed by atoms with Gasteiger partial charge in [-0.15, -0.1) is 0 Å². The molecule has 3 N–H and O–H groups in total. The van der Waals surface area contributed by atoms with Crippen LogP contribution in [0.15, 0.2) is 105 Å². The Hall–Kier alpha value is -4.99. The van der Waals surface area contributed by atoms with E-state index in [1.165, 1.54) is 34.8 Å². The Kier molecular flexibility index (Phi) is 14.0. The quantitative estimate of drug-likeness (QED) is 0.110. The Labute approximate surface area is 309 Å². The summed E-state index contributed by atoms with van der Waals surface area (Å²) in [7, 11) is -4.12. The molecule has 1 aromatic heterocycles. The molecule has 0 saturated carbocycles. The van der Waals surface area contributed by atoms with Crippen LogP contribution in [0.1, 0.15) is 69.0 Å². The number of nitrogens with zero attached hydrogens (tertiary/aromatic N) is 5. The fourth-order valence-corrected chi connectivity index (χ4v) is 7.82. The van der Waals surface area contributed by atoms with Gasteiger partial charge in [-0.2, -0.15) is 14.1 Å². The lowest BCUT2D eigenvalue weighted by Crippen LogP contribution is -2.53. The van der Waals surface area contributed by atoms with Crippen LogP contribution in [0, 0.1) is 21.6 Å². The van der Waals surface area contributed by atoms with Crippen molar-refractivity contribution >= 4 is 15.9 Å². The van der Waals surface area contributed by atoms with Crippen LogP contribution in [0.3, 0.4) is 0 Å². The predicted molar refractivity (Wildman–Crippen MR) is 202 cm³/mol. The molecular weight excluding hydrogens is 701 g/mol. The summed E-state index contributed by atoms with van der Waals surface area (Å²) in [5.41, 5.74) is 1.97. The molecule has 0 spiro atoms. The summed E-state index contributed by atoms with van der Waals surface area (Å²) in [6.45, 7) is 8.44. The van der Waals surface area contributed by atoms with Crippen molar-refractivity contribution in [2.24, 2.45) is 22.2 Å². The van der Waals surface area contributed by atoms with Gasteiger partial charge in [0.25, 0.3) is 0 Å². The minimum atomic E-state index is -4.12. The maximum absolute atomic E-state index is 14.2. The van der Waals surface area contributed by atoms with Gasteiger partial charge in [0.1, 0.15) is 18.6 Å². The van der Waals surface area contributed by atoms with E-state index in [1.54, 1.807) is 45.0 Å². The Balaban J connectivity index is 1.64. The Morgan fingerprint density at radius 3 is 2.15 bits per heavy atom. The number of hydrogen-bond acceptors (Lipinski definition) is 10. The molecule has 1 unspecified atom stereocenters. The number of carbonyl (C=O) groups excluding carboxylic acids is 1. The molecule has 4 atom stereocenters. The fraction of sp³-hybridized carbons (Fsp3) is 0.421. The van der Waals surface area contributed by atoms with Gasteiger partial charge < -0.3 is 15.5 Å². The van der Waals surface area contributed by atoms with Crippen molar-refractivity contribution in [3.05, 3.63) is 128 Å². The number of rotatable bonds is 19. The van der Waals surface area contributed by atoms with Crippen LogP contribution >= 0.6 is 0 Å². The highest BCUT2D eigenvalue weighted by atomic mass is 32.2. The topological polar surface area (TPSA) is 193 Å². The number of benzene rings is 3. The van der Waals surface area contributed by atoms with Gasteiger partial charge in [-0.1, -0.05) is 105 Å². The number of aliphatic hydroxyl groups excluding tert-OH is 1. The average molecular weight is 749 g/mol. The van der Waals surface area contributed by atoms with Crippen molar-refractivity contribution in [1.82, 2.24) is 18.8 Å². The highest BCUT2D eigenvalue weighted by molar-refractivity contribution is 7.89. The Bertz CT molecular complexity index is 2010. The second kappa shape index (κ2) is 18.2. The molecule has 15 heteroatoms. The lowest BCUT2D eigenvalue weighted by Gasteiger charge is -2.32. The van der Waals surface area contributed by atoms with E-state index in [0.29, 0.717) is 16.7 Å². The largest absolute Gasteiger partial charge is 0.493 e. The van der Waals surface area contributed by atoms with E-state index in [2.05, 4.69) is 15.7 Å². The van der Waals surface area contributed by atoms with Crippen LogP contribution in [-0.2, 0) is 34.3 Å². The molecule has 14 nitrogen and oxygen atoms in total. The van der Waals surface area contributed by atoms with Crippen LogP contribution in [0.5, 0.6) is 5.88 Å². The second-order valence-corrected chi connectivity index (χ2v) is 15.9. The van der Waals surface area contributed by atoms with Crippen molar-refractivity contribution < 1.29 is 23.4 Å². The van der Waals surface area contributed by atoms with Crippen LogP contribution in [0.4, 0.5) is 0 Å². The number of imidazole rings is 1. The van der Waals surface area contributed by atoms with Gasteiger partial charge in [-0.3, -0.25) is 13.9 Å². The molecule has 4 aromatic rings. The molecule has 1 amide bonds. The zero-order valence-corrected chi connectivity index (χ0v) is 31.4. The van der Waals surface area contributed by atoms with E-state index >= 15 is 0 Å². The molecule has 4 rings (SSSR count). The molecule has 1 heterocycles. The van der Waals surface area contributed by atoms with Gasteiger partial charge >= 0.3 is 5.69 Å². The summed E-state index contributed by atoms with van der Waals surface area (Å²) in [6, 6.07) is 19.2. The molecule has 53 heavy (non-hydrogen) atoms. The second-order valence-electron chi connectivity index (χ2n) is 14.0. The van der Waals surface area contributed by atoms with Gasteiger partial charge in [-0.25, -0.2) is 13.2 Å². The highest BCUT2D eigenvalue weighted by Gasteiger charge is 2.34. The standard InChI is InChI=1S/C38H48N6O8S/c1-25(2)21-42(53(51,52)32-16-14-29(15-17-32)20-39-49)23-34(45)33(19-28-10-7-6-8-11-28)40-37(47)36(26(3)4)44-24-35(46)43(38(44)48)22-30-12-9-13-31(18-30)27(5)41-50/h6-18,24-27,33-34,36,45-46H,19-23H2,1-5H3,(H,40,47)/t27?,33-,34+,36-/m0/s1. The number of nitroso groups, excluding NO2 is 2. The van der Waals surface area contributed by atoms with E-state index in [-0.39, 0.29) is 49.3 Å². The molecule has 0 aliphatic carbocycles. The molecule has 3 aromatic carbocycles. The van der Waals surface area contributed by atoms with Crippen molar-refractivity contribution in [2.45, 2.75) is 83.3 Å². The third-order valence-corrected chi connectivity index (χ3v) is 10.8. The average Bonchev–Trinajstić information content (AvgIpc) is 3.39. The molecule has 0 fully saturated rings. The van der Waals surface area contributed by atoms with E-state index in [0.717, 1.165) is 14.7 Å². The summed E-state index contributed by atoms with van der Waals surface area (Å²) in [5.74, 6) is -1.54. The molecular formula is C38H48N6O8S. The van der Waals surface area contributed by atoms with E-state index in [9.17, 15) is 38.0 Å². The number of sulfonamides is 1. The Morgan fingerprint density at radius 2 is 1.55 bits per heavy atom. The number of hydrogen-bond donors (Lipinski definition) is 3. The summed E-state index contributed by atoms with van der Waals surface area (Å²) in [5, 5.41) is 31.4. The first-order valence-electron chi connectivity index (χ1n) is 17.5. The Morgan fingerprint density at radius 1 is 0.887 bits per heavy atom. The van der Waals surface area contributed by atoms with Crippen LogP contribution < -0.4 is 11.0 Å². The molecule has 284 valence electrons. The van der Waals surface area contributed by atoms with Crippen molar-refractivity contribution in [2.75, 3.05) is 13.1 Å². The van der Waals surface area contributed by atoms with Crippen molar-refractivity contribution in [1.29, 1.82) is 0 Å².